The molecule has 3 rings (SSSR count). The average Bonchev–Trinajstić information content (AvgIpc) is 2.87. The lowest BCUT2D eigenvalue weighted by atomic mass is 10.1. The topological polar surface area (TPSA) is 60.7 Å². The van der Waals surface area contributed by atoms with Crippen molar-refractivity contribution < 1.29 is 4.79 Å². The molecule has 0 saturated heterocycles. The van der Waals surface area contributed by atoms with Crippen molar-refractivity contribution in [3.63, 3.8) is 0 Å². The Morgan fingerprint density at radius 2 is 2.00 bits per heavy atom. The summed E-state index contributed by atoms with van der Waals surface area (Å²) in [6, 6.07) is 3.28. The highest BCUT2D eigenvalue weighted by atomic mass is 35.5. The fourth-order valence-corrected chi connectivity index (χ4v) is 2.72. The Labute approximate surface area is 136 Å². The first-order valence-corrected chi connectivity index (χ1v) is 7.42. The van der Waals surface area contributed by atoms with Crippen LogP contribution in [0.3, 0.4) is 0 Å². The molecule has 0 amide bonds. The molecule has 0 spiro atoms. The van der Waals surface area contributed by atoms with E-state index in [9.17, 15) is 4.79 Å². The first kappa shape index (κ1) is 14.9. The normalized spacial score (nSPS) is 11.3. The van der Waals surface area contributed by atoms with Gasteiger partial charge in [-0.05, 0) is 26.0 Å². The van der Waals surface area contributed by atoms with E-state index in [4.69, 9.17) is 23.2 Å². The average molecular weight is 335 g/mol. The molecule has 112 valence electrons. The van der Waals surface area contributed by atoms with Crippen LogP contribution in [0.4, 0.5) is 0 Å². The summed E-state index contributed by atoms with van der Waals surface area (Å²) in [5, 5.41) is 1.07. The van der Waals surface area contributed by atoms with Crippen LogP contribution in [-0.2, 0) is 0 Å². The van der Waals surface area contributed by atoms with Crippen molar-refractivity contribution in [1.29, 1.82) is 0 Å². The van der Waals surface area contributed by atoms with Crippen LogP contribution in [0.2, 0.25) is 10.3 Å². The largest absolute Gasteiger partial charge is 0.329 e. The van der Waals surface area contributed by atoms with Crippen molar-refractivity contribution in [2.75, 3.05) is 0 Å². The van der Waals surface area contributed by atoms with E-state index in [1.807, 2.05) is 18.4 Å². The molecule has 0 radical (unpaired) electrons. The second-order valence-electron chi connectivity index (χ2n) is 5.10. The van der Waals surface area contributed by atoms with Crippen LogP contribution < -0.4 is 0 Å². The van der Waals surface area contributed by atoms with Gasteiger partial charge in [0.05, 0.1) is 10.9 Å². The highest BCUT2D eigenvalue weighted by molar-refractivity contribution is 6.36. The fraction of sp³-hybridized carbons (Fsp3) is 0.200. The van der Waals surface area contributed by atoms with Gasteiger partial charge in [-0.2, -0.15) is 0 Å². The van der Waals surface area contributed by atoms with Gasteiger partial charge in [0.2, 0.25) is 0 Å². The molecule has 0 unspecified atom stereocenters. The summed E-state index contributed by atoms with van der Waals surface area (Å²) in [4.78, 5) is 24.9. The number of halogens is 2. The quantitative estimate of drug-likeness (QED) is 0.413. The van der Waals surface area contributed by atoms with Crippen LogP contribution in [-0.4, -0.2) is 25.3 Å². The van der Waals surface area contributed by atoms with E-state index in [0.29, 0.717) is 22.2 Å². The number of hydrogen-bond donors (Lipinski definition) is 0. The van der Waals surface area contributed by atoms with Crippen molar-refractivity contribution in [1.82, 2.24) is 19.5 Å². The van der Waals surface area contributed by atoms with E-state index in [1.54, 1.807) is 12.3 Å². The van der Waals surface area contributed by atoms with Crippen molar-refractivity contribution >= 4 is 40.0 Å². The molecule has 7 heteroatoms. The molecular formula is C15H12Cl2N4O. The number of ketones is 1. The molecule has 3 heterocycles. The van der Waals surface area contributed by atoms with Gasteiger partial charge in [0.15, 0.2) is 5.78 Å². The van der Waals surface area contributed by atoms with Crippen molar-refractivity contribution in [2.45, 2.75) is 19.9 Å². The summed E-state index contributed by atoms with van der Waals surface area (Å²) in [5.41, 5.74) is 1.54. The Hall–Kier alpha value is -1.98. The summed E-state index contributed by atoms with van der Waals surface area (Å²) >= 11 is 12.1. The Morgan fingerprint density at radius 3 is 2.68 bits per heavy atom. The second-order valence-corrected chi connectivity index (χ2v) is 5.85. The van der Waals surface area contributed by atoms with Gasteiger partial charge in [-0.25, -0.2) is 15.0 Å². The van der Waals surface area contributed by atoms with E-state index >= 15 is 0 Å². The smallest absolute Gasteiger partial charge is 0.195 e. The number of nitrogens with zero attached hydrogens (tertiary/aromatic N) is 4. The van der Waals surface area contributed by atoms with Crippen molar-refractivity contribution in [3.05, 3.63) is 52.3 Å². The number of pyridine rings is 1. The summed E-state index contributed by atoms with van der Waals surface area (Å²) in [6.45, 7) is 4.01. The van der Waals surface area contributed by atoms with Crippen LogP contribution in [0.15, 0.2) is 30.9 Å². The summed E-state index contributed by atoms with van der Waals surface area (Å²) in [6.07, 6.45) is 4.64. The zero-order valence-corrected chi connectivity index (χ0v) is 13.4. The molecule has 0 aromatic carbocycles. The summed E-state index contributed by atoms with van der Waals surface area (Å²) in [7, 11) is 0. The number of carbonyl (C=O) groups excluding carboxylic acids is 1. The van der Waals surface area contributed by atoms with Crippen LogP contribution in [0.1, 0.15) is 35.8 Å². The summed E-state index contributed by atoms with van der Waals surface area (Å²) < 4.78 is 1.90. The third-order valence-electron chi connectivity index (χ3n) is 3.35. The molecule has 3 aromatic heterocycles. The Bertz CT molecular complexity index is 873. The van der Waals surface area contributed by atoms with E-state index < -0.39 is 0 Å². The lowest BCUT2D eigenvalue weighted by molar-refractivity contribution is 0.104. The zero-order chi connectivity index (χ0) is 15.9. The van der Waals surface area contributed by atoms with Crippen molar-refractivity contribution in [2.24, 2.45) is 0 Å². The minimum atomic E-state index is -0.189. The van der Waals surface area contributed by atoms with E-state index in [1.165, 1.54) is 18.6 Å². The molecule has 0 aliphatic rings. The van der Waals surface area contributed by atoms with Crippen LogP contribution in [0, 0.1) is 0 Å². The number of fused-ring (bicyclic) bond motifs is 1. The lowest BCUT2D eigenvalue weighted by Gasteiger charge is -2.07. The van der Waals surface area contributed by atoms with Gasteiger partial charge in [-0.3, -0.25) is 4.79 Å². The molecule has 0 saturated carbocycles. The maximum absolute atomic E-state index is 12.8. The Kier molecular flexibility index (Phi) is 3.85. The maximum Gasteiger partial charge on any atom is 0.195 e. The third kappa shape index (κ3) is 2.46. The number of carbonyl (C=O) groups is 1. The lowest BCUT2D eigenvalue weighted by Crippen LogP contribution is -2.02. The number of rotatable bonds is 3. The number of aromatic nitrogens is 4. The maximum atomic E-state index is 12.8. The standard InChI is InChI=1S/C15H12Cl2N4O/c1-8(2)21-6-10(12-14(17)19-7-20-15(12)21)13(22)9-3-4-18-11(16)5-9/h3-8H,1-2H3. The van der Waals surface area contributed by atoms with E-state index in [0.717, 1.165) is 0 Å². The van der Waals surface area contributed by atoms with Gasteiger partial charge in [0.25, 0.3) is 0 Å². The minimum Gasteiger partial charge on any atom is -0.329 e. The van der Waals surface area contributed by atoms with Gasteiger partial charge in [-0.1, -0.05) is 23.2 Å². The summed E-state index contributed by atoms with van der Waals surface area (Å²) in [5.74, 6) is -0.189. The van der Waals surface area contributed by atoms with Gasteiger partial charge in [-0.15, -0.1) is 0 Å². The first-order chi connectivity index (χ1) is 10.5. The molecule has 0 N–H and O–H groups in total. The monoisotopic (exact) mass is 334 g/mol. The molecule has 0 aliphatic carbocycles. The van der Waals surface area contributed by atoms with Crippen LogP contribution >= 0.6 is 23.2 Å². The zero-order valence-electron chi connectivity index (χ0n) is 11.9. The van der Waals surface area contributed by atoms with Gasteiger partial charge in [0, 0.05) is 24.0 Å². The van der Waals surface area contributed by atoms with Gasteiger partial charge >= 0.3 is 0 Å². The SMILES string of the molecule is CC(C)n1cc(C(=O)c2ccnc(Cl)c2)c2c(Cl)ncnc21. The van der Waals surface area contributed by atoms with E-state index in [2.05, 4.69) is 15.0 Å². The van der Waals surface area contributed by atoms with Gasteiger partial charge < -0.3 is 4.57 Å². The third-order valence-corrected chi connectivity index (χ3v) is 3.85. The molecule has 5 nitrogen and oxygen atoms in total. The molecule has 0 atom stereocenters. The van der Waals surface area contributed by atoms with Crippen LogP contribution in [0.25, 0.3) is 11.0 Å². The number of hydrogen-bond acceptors (Lipinski definition) is 4. The Morgan fingerprint density at radius 1 is 1.23 bits per heavy atom. The van der Waals surface area contributed by atoms with Crippen molar-refractivity contribution in [3.8, 4) is 0 Å². The molecule has 0 bridgehead atoms. The molecule has 0 fully saturated rings. The van der Waals surface area contributed by atoms with Crippen LogP contribution in [0.5, 0.6) is 0 Å². The molecular weight excluding hydrogens is 323 g/mol. The minimum absolute atomic E-state index is 0.135. The van der Waals surface area contributed by atoms with Gasteiger partial charge in [0.1, 0.15) is 22.3 Å². The van der Waals surface area contributed by atoms with E-state index in [-0.39, 0.29) is 22.1 Å². The predicted octanol–water partition coefficient (Wildman–Crippen LogP) is 3.95. The highest BCUT2D eigenvalue weighted by Crippen LogP contribution is 2.29. The highest BCUT2D eigenvalue weighted by Gasteiger charge is 2.21. The second kappa shape index (κ2) is 5.66. The first-order valence-electron chi connectivity index (χ1n) is 6.66. The molecule has 0 aliphatic heterocycles. The fourth-order valence-electron chi connectivity index (χ4n) is 2.31. The predicted molar refractivity (Wildman–Crippen MR) is 85.6 cm³/mol. The molecule has 3 aromatic rings. The molecule has 22 heavy (non-hydrogen) atoms. The Balaban J connectivity index is 2.25.